The highest BCUT2D eigenvalue weighted by Gasteiger charge is 2.18. The first-order valence-corrected chi connectivity index (χ1v) is 9.54. The minimum atomic E-state index is -0.263. The lowest BCUT2D eigenvalue weighted by molar-refractivity contribution is -0.125. The first-order valence-electron chi connectivity index (χ1n) is 9.54. The Morgan fingerprint density at radius 3 is 2.35 bits per heavy atom. The predicted octanol–water partition coefficient (Wildman–Crippen LogP) is 2.59. The Hall–Kier alpha value is -1.88. The second kappa shape index (κ2) is 8.67. The van der Waals surface area contributed by atoms with E-state index in [4.69, 9.17) is 0 Å². The SMILES string of the molecule is C[C@H](NC(=O)CN(C)CC(=O)NC(C)(C)C)c1ccc2c(c1)CCCC2. The van der Waals surface area contributed by atoms with Gasteiger partial charge in [-0.25, -0.2) is 0 Å². The van der Waals surface area contributed by atoms with E-state index in [1.807, 2.05) is 27.7 Å². The molecule has 1 aromatic rings. The van der Waals surface area contributed by atoms with Crippen LogP contribution in [0.5, 0.6) is 0 Å². The fourth-order valence-corrected chi connectivity index (χ4v) is 3.40. The summed E-state index contributed by atoms with van der Waals surface area (Å²) in [4.78, 5) is 26.0. The molecule has 26 heavy (non-hydrogen) atoms. The zero-order valence-electron chi connectivity index (χ0n) is 16.8. The van der Waals surface area contributed by atoms with Crippen molar-refractivity contribution < 1.29 is 9.59 Å². The lowest BCUT2D eigenvalue weighted by Crippen LogP contribution is -2.47. The van der Waals surface area contributed by atoms with Gasteiger partial charge in [0.15, 0.2) is 0 Å². The molecule has 0 spiro atoms. The monoisotopic (exact) mass is 359 g/mol. The fraction of sp³-hybridized carbons (Fsp3) is 0.619. The van der Waals surface area contributed by atoms with Gasteiger partial charge in [-0.15, -0.1) is 0 Å². The Balaban J connectivity index is 1.84. The van der Waals surface area contributed by atoms with Crippen molar-refractivity contribution in [1.82, 2.24) is 15.5 Å². The molecular formula is C21H33N3O2. The summed E-state index contributed by atoms with van der Waals surface area (Å²) >= 11 is 0. The second-order valence-corrected chi connectivity index (χ2v) is 8.49. The molecule has 1 aliphatic rings. The van der Waals surface area contributed by atoms with Crippen molar-refractivity contribution in [3.63, 3.8) is 0 Å². The van der Waals surface area contributed by atoms with E-state index in [1.165, 1.54) is 24.0 Å². The molecule has 5 heteroatoms. The van der Waals surface area contributed by atoms with Crippen molar-refractivity contribution in [3.8, 4) is 0 Å². The van der Waals surface area contributed by atoms with E-state index >= 15 is 0 Å². The average Bonchev–Trinajstić information content (AvgIpc) is 2.51. The van der Waals surface area contributed by atoms with Crippen LogP contribution in [0.1, 0.15) is 63.3 Å². The zero-order valence-corrected chi connectivity index (χ0v) is 16.8. The maximum Gasteiger partial charge on any atom is 0.234 e. The van der Waals surface area contributed by atoms with Crippen LogP contribution in [-0.2, 0) is 22.4 Å². The molecule has 0 radical (unpaired) electrons. The number of fused-ring (bicyclic) bond motifs is 1. The van der Waals surface area contributed by atoms with E-state index in [2.05, 4.69) is 28.8 Å². The minimum Gasteiger partial charge on any atom is -0.350 e. The van der Waals surface area contributed by atoms with Crippen molar-refractivity contribution in [3.05, 3.63) is 34.9 Å². The highest BCUT2D eigenvalue weighted by Crippen LogP contribution is 2.24. The molecule has 0 bridgehead atoms. The molecule has 2 N–H and O–H groups in total. The number of benzene rings is 1. The third-order valence-corrected chi connectivity index (χ3v) is 4.59. The Kier molecular flexibility index (Phi) is 6.81. The molecule has 1 atom stereocenters. The summed E-state index contributed by atoms with van der Waals surface area (Å²) < 4.78 is 0. The largest absolute Gasteiger partial charge is 0.350 e. The summed E-state index contributed by atoms with van der Waals surface area (Å²) in [7, 11) is 1.78. The predicted molar refractivity (Wildman–Crippen MR) is 105 cm³/mol. The lowest BCUT2D eigenvalue weighted by atomic mass is 9.89. The van der Waals surface area contributed by atoms with Crippen LogP contribution in [0.15, 0.2) is 18.2 Å². The van der Waals surface area contributed by atoms with Crippen molar-refractivity contribution in [1.29, 1.82) is 0 Å². The molecule has 0 saturated heterocycles. The number of aryl methyl sites for hydroxylation is 2. The van der Waals surface area contributed by atoms with Crippen LogP contribution >= 0.6 is 0 Å². The van der Waals surface area contributed by atoms with Crippen LogP contribution in [0.3, 0.4) is 0 Å². The molecule has 0 saturated carbocycles. The van der Waals surface area contributed by atoms with Gasteiger partial charge >= 0.3 is 0 Å². The Bertz CT molecular complexity index is 649. The quantitative estimate of drug-likeness (QED) is 0.821. The van der Waals surface area contributed by atoms with Gasteiger partial charge in [-0.1, -0.05) is 18.2 Å². The highest BCUT2D eigenvalue weighted by molar-refractivity contribution is 5.81. The first-order chi connectivity index (χ1) is 12.1. The molecule has 0 fully saturated rings. The molecule has 0 unspecified atom stereocenters. The molecule has 2 rings (SSSR count). The van der Waals surface area contributed by atoms with E-state index in [0.29, 0.717) is 0 Å². The van der Waals surface area contributed by atoms with Gasteiger partial charge in [0.1, 0.15) is 0 Å². The molecule has 144 valence electrons. The van der Waals surface area contributed by atoms with Crippen LogP contribution < -0.4 is 10.6 Å². The van der Waals surface area contributed by atoms with E-state index in [9.17, 15) is 9.59 Å². The normalized spacial score (nSPS) is 15.3. The molecule has 0 aliphatic heterocycles. The van der Waals surface area contributed by atoms with E-state index < -0.39 is 0 Å². The van der Waals surface area contributed by atoms with Crippen LogP contribution in [-0.4, -0.2) is 42.4 Å². The van der Waals surface area contributed by atoms with Gasteiger partial charge in [0, 0.05) is 5.54 Å². The molecule has 0 aromatic heterocycles. The van der Waals surface area contributed by atoms with Crippen LogP contribution in [0.2, 0.25) is 0 Å². The maximum absolute atomic E-state index is 12.3. The molecule has 2 amide bonds. The fourth-order valence-electron chi connectivity index (χ4n) is 3.40. The number of nitrogens with one attached hydrogen (secondary N) is 2. The molecular weight excluding hydrogens is 326 g/mol. The highest BCUT2D eigenvalue weighted by atomic mass is 16.2. The number of nitrogens with zero attached hydrogens (tertiary/aromatic N) is 1. The van der Waals surface area contributed by atoms with Crippen LogP contribution in [0.4, 0.5) is 0 Å². The van der Waals surface area contributed by atoms with Crippen molar-refractivity contribution in [2.45, 2.75) is 65.0 Å². The van der Waals surface area contributed by atoms with Gasteiger partial charge in [-0.3, -0.25) is 14.5 Å². The number of amides is 2. The van der Waals surface area contributed by atoms with Gasteiger partial charge in [0.05, 0.1) is 19.1 Å². The number of rotatable bonds is 6. The summed E-state index contributed by atoms with van der Waals surface area (Å²) in [6, 6.07) is 6.52. The molecule has 5 nitrogen and oxygen atoms in total. The van der Waals surface area contributed by atoms with Crippen molar-refractivity contribution in [2.24, 2.45) is 0 Å². The number of hydrogen-bond acceptors (Lipinski definition) is 3. The third-order valence-electron chi connectivity index (χ3n) is 4.59. The third kappa shape index (κ3) is 6.45. The summed E-state index contributed by atoms with van der Waals surface area (Å²) in [5, 5.41) is 5.95. The smallest absolute Gasteiger partial charge is 0.234 e. The average molecular weight is 360 g/mol. The lowest BCUT2D eigenvalue weighted by Gasteiger charge is -2.24. The Labute approximate surface area is 157 Å². The van der Waals surface area contributed by atoms with Gasteiger partial charge in [-0.05, 0) is 77.1 Å². The van der Waals surface area contributed by atoms with Crippen LogP contribution in [0.25, 0.3) is 0 Å². The molecule has 1 aromatic carbocycles. The number of hydrogen-bond donors (Lipinski definition) is 2. The van der Waals surface area contributed by atoms with Crippen molar-refractivity contribution in [2.75, 3.05) is 20.1 Å². The maximum atomic E-state index is 12.3. The Morgan fingerprint density at radius 2 is 1.69 bits per heavy atom. The van der Waals surface area contributed by atoms with E-state index in [-0.39, 0.29) is 36.5 Å². The zero-order chi connectivity index (χ0) is 19.3. The second-order valence-electron chi connectivity index (χ2n) is 8.49. The Morgan fingerprint density at radius 1 is 1.08 bits per heavy atom. The van der Waals surface area contributed by atoms with Crippen molar-refractivity contribution >= 4 is 11.8 Å². The topological polar surface area (TPSA) is 61.4 Å². The van der Waals surface area contributed by atoms with E-state index in [1.54, 1.807) is 11.9 Å². The van der Waals surface area contributed by atoms with Gasteiger partial charge in [0.2, 0.25) is 11.8 Å². The first kappa shape index (κ1) is 20.4. The van der Waals surface area contributed by atoms with E-state index in [0.717, 1.165) is 18.4 Å². The standard InChI is InChI=1S/C21H33N3O2/c1-15(17-11-10-16-8-6-7-9-18(16)12-17)22-19(25)13-24(5)14-20(26)23-21(2,3)4/h10-12,15H,6-9,13-14H2,1-5H3,(H,22,25)(H,23,26)/t15-/m0/s1. The summed E-state index contributed by atoms with van der Waals surface area (Å²) in [5.41, 5.74) is 3.75. The van der Waals surface area contributed by atoms with Crippen LogP contribution in [0, 0.1) is 0 Å². The number of likely N-dealkylation sites (N-methyl/N-ethyl adjacent to an activating group) is 1. The van der Waals surface area contributed by atoms with Gasteiger partial charge in [0.25, 0.3) is 0 Å². The summed E-state index contributed by atoms with van der Waals surface area (Å²) in [5.74, 6) is -0.142. The van der Waals surface area contributed by atoms with Gasteiger partial charge < -0.3 is 10.6 Å². The molecule has 1 aliphatic carbocycles. The number of carbonyl (C=O) groups excluding carboxylic acids is 2. The summed E-state index contributed by atoms with van der Waals surface area (Å²) in [6.45, 7) is 8.24. The minimum absolute atomic E-state index is 0.0356. The number of carbonyl (C=O) groups is 2. The van der Waals surface area contributed by atoms with Gasteiger partial charge in [-0.2, -0.15) is 0 Å². The summed E-state index contributed by atoms with van der Waals surface area (Å²) in [6.07, 6.45) is 4.82. The molecule has 0 heterocycles.